The van der Waals surface area contributed by atoms with E-state index in [0.29, 0.717) is 18.2 Å². The van der Waals surface area contributed by atoms with Gasteiger partial charge in [0, 0.05) is 25.2 Å². The van der Waals surface area contributed by atoms with Gasteiger partial charge in [-0.25, -0.2) is 4.99 Å². The van der Waals surface area contributed by atoms with E-state index in [1.54, 1.807) is 7.05 Å². The first-order valence-electron chi connectivity index (χ1n) is 7.46. The van der Waals surface area contributed by atoms with Crippen LogP contribution in [0.2, 0.25) is 0 Å². The molecule has 0 aliphatic carbocycles. The SMILES string of the molecule is CCNC(=NCc1ccc(C(=O)NC)cc1)NC(C)CC. The van der Waals surface area contributed by atoms with E-state index in [9.17, 15) is 4.79 Å². The standard InChI is InChI=1S/C16H26N4O/c1-5-12(3)20-16(18-6-2)19-11-13-7-9-14(10-8-13)15(21)17-4/h7-10,12H,5-6,11H2,1-4H3,(H,17,21)(H2,18,19,20). The van der Waals surface area contributed by atoms with E-state index in [2.05, 4.69) is 34.8 Å². The van der Waals surface area contributed by atoms with Gasteiger partial charge in [-0.15, -0.1) is 0 Å². The highest BCUT2D eigenvalue weighted by molar-refractivity contribution is 5.93. The van der Waals surface area contributed by atoms with Crippen LogP contribution in [0.5, 0.6) is 0 Å². The molecule has 1 rings (SSSR count). The van der Waals surface area contributed by atoms with E-state index in [1.165, 1.54) is 0 Å². The predicted octanol–water partition coefficient (Wildman–Crippen LogP) is 1.90. The van der Waals surface area contributed by atoms with Gasteiger partial charge < -0.3 is 16.0 Å². The number of nitrogens with one attached hydrogen (secondary N) is 3. The normalized spacial score (nSPS) is 12.7. The first kappa shape index (κ1) is 17.0. The van der Waals surface area contributed by atoms with E-state index in [4.69, 9.17) is 0 Å². The van der Waals surface area contributed by atoms with Crippen LogP contribution in [0, 0.1) is 0 Å². The number of carbonyl (C=O) groups is 1. The summed E-state index contributed by atoms with van der Waals surface area (Å²) in [5, 5.41) is 9.19. The third-order valence-corrected chi connectivity index (χ3v) is 3.20. The van der Waals surface area contributed by atoms with Crippen LogP contribution in [-0.2, 0) is 6.54 Å². The number of benzene rings is 1. The number of nitrogens with zero attached hydrogens (tertiary/aromatic N) is 1. The van der Waals surface area contributed by atoms with Crippen molar-refractivity contribution in [3.8, 4) is 0 Å². The Morgan fingerprint density at radius 3 is 2.43 bits per heavy atom. The summed E-state index contributed by atoms with van der Waals surface area (Å²) in [5.74, 6) is 0.749. The van der Waals surface area contributed by atoms with Crippen molar-refractivity contribution in [1.29, 1.82) is 0 Å². The summed E-state index contributed by atoms with van der Waals surface area (Å²) in [6.07, 6.45) is 1.05. The number of carbonyl (C=O) groups excluding carboxylic acids is 1. The molecule has 0 aliphatic rings. The molecule has 0 saturated carbocycles. The van der Waals surface area contributed by atoms with Crippen LogP contribution in [0.15, 0.2) is 29.3 Å². The van der Waals surface area contributed by atoms with E-state index in [-0.39, 0.29) is 5.91 Å². The number of amides is 1. The number of rotatable bonds is 6. The molecule has 116 valence electrons. The highest BCUT2D eigenvalue weighted by Gasteiger charge is 2.04. The minimum Gasteiger partial charge on any atom is -0.357 e. The molecule has 1 amide bonds. The van der Waals surface area contributed by atoms with E-state index in [0.717, 1.165) is 24.5 Å². The molecule has 0 fully saturated rings. The highest BCUT2D eigenvalue weighted by Crippen LogP contribution is 2.05. The van der Waals surface area contributed by atoms with Crippen LogP contribution in [0.1, 0.15) is 43.1 Å². The molecule has 1 unspecified atom stereocenters. The molecule has 0 radical (unpaired) electrons. The lowest BCUT2D eigenvalue weighted by Gasteiger charge is -2.16. The van der Waals surface area contributed by atoms with Crippen LogP contribution < -0.4 is 16.0 Å². The van der Waals surface area contributed by atoms with Crippen molar-refractivity contribution in [2.24, 2.45) is 4.99 Å². The van der Waals surface area contributed by atoms with Gasteiger partial charge in [0.15, 0.2) is 5.96 Å². The molecule has 0 saturated heterocycles. The summed E-state index contributed by atoms with van der Waals surface area (Å²) < 4.78 is 0. The number of guanidine groups is 1. The second-order valence-corrected chi connectivity index (χ2v) is 4.92. The third-order valence-electron chi connectivity index (χ3n) is 3.20. The summed E-state index contributed by atoms with van der Waals surface area (Å²) in [5.41, 5.74) is 1.74. The Kier molecular flexibility index (Phi) is 7.29. The lowest BCUT2D eigenvalue weighted by molar-refractivity contribution is 0.0963. The van der Waals surface area contributed by atoms with Gasteiger partial charge in [0.2, 0.25) is 0 Å². The smallest absolute Gasteiger partial charge is 0.251 e. The van der Waals surface area contributed by atoms with Gasteiger partial charge >= 0.3 is 0 Å². The fourth-order valence-electron chi connectivity index (χ4n) is 1.73. The summed E-state index contributed by atoms with van der Waals surface area (Å²) >= 11 is 0. The molecule has 21 heavy (non-hydrogen) atoms. The molecule has 1 aromatic rings. The minimum atomic E-state index is -0.0724. The molecular weight excluding hydrogens is 264 g/mol. The van der Waals surface area contributed by atoms with Crippen LogP contribution in [-0.4, -0.2) is 31.5 Å². The average Bonchev–Trinajstić information content (AvgIpc) is 2.52. The molecule has 0 spiro atoms. The molecule has 5 nitrogen and oxygen atoms in total. The first-order valence-corrected chi connectivity index (χ1v) is 7.46. The van der Waals surface area contributed by atoms with Gasteiger partial charge in [0.25, 0.3) is 5.91 Å². The van der Waals surface area contributed by atoms with Gasteiger partial charge in [-0.2, -0.15) is 0 Å². The number of aliphatic imine (C=N–C) groups is 1. The summed E-state index contributed by atoms with van der Waals surface area (Å²) in [4.78, 5) is 16.0. The summed E-state index contributed by atoms with van der Waals surface area (Å²) in [6.45, 7) is 7.73. The van der Waals surface area contributed by atoms with Crippen LogP contribution in [0.4, 0.5) is 0 Å². The molecule has 0 aliphatic heterocycles. The second-order valence-electron chi connectivity index (χ2n) is 4.92. The summed E-state index contributed by atoms with van der Waals surface area (Å²) in [7, 11) is 1.63. The van der Waals surface area contributed by atoms with Gasteiger partial charge in [-0.05, 0) is 38.0 Å². The lowest BCUT2D eigenvalue weighted by Crippen LogP contribution is -2.41. The van der Waals surface area contributed by atoms with Crippen molar-refractivity contribution in [1.82, 2.24) is 16.0 Å². The fourth-order valence-corrected chi connectivity index (χ4v) is 1.73. The number of hydrogen-bond acceptors (Lipinski definition) is 2. The van der Waals surface area contributed by atoms with Crippen LogP contribution in [0.3, 0.4) is 0 Å². The fraction of sp³-hybridized carbons (Fsp3) is 0.500. The van der Waals surface area contributed by atoms with Gasteiger partial charge in [0.05, 0.1) is 6.54 Å². The van der Waals surface area contributed by atoms with E-state index < -0.39 is 0 Å². The Labute approximate surface area is 127 Å². The predicted molar refractivity (Wildman–Crippen MR) is 87.5 cm³/mol. The second kappa shape index (κ2) is 9.00. The van der Waals surface area contributed by atoms with Gasteiger partial charge in [-0.1, -0.05) is 19.1 Å². The molecule has 0 heterocycles. The maximum Gasteiger partial charge on any atom is 0.251 e. The third kappa shape index (κ3) is 5.85. The molecule has 5 heteroatoms. The van der Waals surface area contributed by atoms with Crippen molar-refractivity contribution in [2.45, 2.75) is 39.8 Å². The Morgan fingerprint density at radius 1 is 1.24 bits per heavy atom. The Morgan fingerprint density at radius 2 is 1.90 bits per heavy atom. The zero-order valence-corrected chi connectivity index (χ0v) is 13.4. The van der Waals surface area contributed by atoms with Crippen molar-refractivity contribution >= 4 is 11.9 Å². The van der Waals surface area contributed by atoms with Crippen LogP contribution in [0.25, 0.3) is 0 Å². The Hall–Kier alpha value is -2.04. The molecule has 0 bridgehead atoms. The molecule has 3 N–H and O–H groups in total. The average molecular weight is 290 g/mol. The van der Waals surface area contributed by atoms with Crippen LogP contribution >= 0.6 is 0 Å². The van der Waals surface area contributed by atoms with Gasteiger partial charge in [-0.3, -0.25) is 4.79 Å². The maximum absolute atomic E-state index is 11.5. The Bertz CT molecular complexity index is 468. The number of hydrogen-bond donors (Lipinski definition) is 3. The van der Waals surface area contributed by atoms with Crippen molar-refractivity contribution in [2.75, 3.05) is 13.6 Å². The topological polar surface area (TPSA) is 65.5 Å². The molecule has 1 aromatic carbocycles. The van der Waals surface area contributed by atoms with Crippen molar-refractivity contribution < 1.29 is 4.79 Å². The zero-order valence-electron chi connectivity index (χ0n) is 13.4. The maximum atomic E-state index is 11.5. The van der Waals surface area contributed by atoms with Crippen molar-refractivity contribution in [3.63, 3.8) is 0 Å². The van der Waals surface area contributed by atoms with E-state index in [1.807, 2.05) is 31.2 Å². The van der Waals surface area contributed by atoms with E-state index >= 15 is 0 Å². The monoisotopic (exact) mass is 290 g/mol. The molecule has 1 atom stereocenters. The Balaban J connectivity index is 2.69. The van der Waals surface area contributed by atoms with Crippen molar-refractivity contribution in [3.05, 3.63) is 35.4 Å². The molecular formula is C16H26N4O. The highest BCUT2D eigenvalue weighted by atomic mass is 16.1. The van der Waals surface area contributed by atoms with Gasteiger partial charge in [0.1, 0.15) is 0 Å². The zero-order chi connectivity index (χ0) is 15.7. The first-order chi connectivity index (χ1) is 10.1. The quantitative estimate of drug-likeness (QED) is 0.554. The summed E-state index contributed by atoms with van der Waals surface area (Å²) in [6, 6.07) is 7.89. The largest absolute Gasteiger partial charge is 0.357 e. The minimum absolute atomic E-state index is 0.0724. The molecule has 0 aromatic heterocycles. The lowest BCUT2D eigenvalue weighted by atomic mass is 10.1.